The quantitative estimate of drug-likeness (QED) is 0.505. The van der Waals surface area contributed by atoms with Crippen molar-refractivity contribution in [2.45, 2.75) is 52.7 Å². The Labute approximate surface area is 198 Å². The van der Waals surface area contributed by atoms with Crippen molar-refractivity contribution in [2.24, 2.45) is 0 Å². The van der Waals surface area contributed by atoms with Gasteiger partial charge in [-0.05, 0) is 62.8 Å². The standard InChI is InChI=1S/C22H27ClN5OP.C2H6/c1-13-20(30)4-3-18(23)21(13)14(2)29-19-9-15(10-26-22(19)24)16-11-27-28(12-16)17-5-7-25-8-6-17;1-2/h3-4,9-12,14,17,25H,5-8,30H2,1-2H3,(H2,24,26);1-2H3. The summed E-state index contributed by atoms with van der Waals surface area (Å²) < 4.78 is 8.28. The lowest BCUT2D eigenvalue weighted by atomic mass is 10.0. The predicted octanol–water partition coefficient (Wildman–Crippen LogP) is 5.08. The molecule has 0 spiro atoms. The number of halogens is 1. The molecule has 2 unspecified atom stereocenters. The van der Waals surface area contributed by atoms with E-state index in [2.05, 4.69) is 35.5 Å². The molecule has 3 N–H and O–H groups in total. The maximum Gasteiger partial charge on any atom is 0.166 e. The van der Waals surface area contributed by atoms with E-state index in [4.69, 9.17) is 22.1 Å². The first-order valence-corrected chi connectivity index (χ1v) is 12.1. The second kappa shape index (κ2) is 11.1. The van der Waals surface area contributed by atoms with Gasteiger partial charge in [0.1, 0.15) is 6.10 Å². The highest BCUT2D eigenvalue weighted by molar-refractivity contribution is 7.27. The third-order valence-electron chi connectivity index (χ3n) is 5.71. The molecule has 1 aromatic carbocycles. The van der Waals surface area contributed by atoms with Crippen LogP contribution >= 0.6 is 20.8 Å². The minimum Gasteiger partial charge on any atom is -0.482 e. The Morgan fingerprint density at radius 2 is 1.94 bits per heavy atom. The van der Waals surface area contributed by atoms with E-state index in [0.717, 1.165) is 53.5 Å². The molecule has 8 heteroatoms. The number of anilines is 1. The normalized spacial score (nSPS) is 15.1. The van der Waals surface area contributed by atoms with Crippen LogP contribution in [-0.4, -0.2) is 27.9 Å². The van der Waals surface area contributed by atoms with E-state index in [9.17, 15) is 0 Å². The number of aromatic nitrogens is 3. The van der Waals surface area contributed by atoms with E-state index in [1.807, 2.05) is 52.1 Å². The fourth-order valence-electron chi connectivity index (χ4n) is 3.93. The number of benzene rings is 1. The maximum absolute atomic E-state index is 6.45. The van der Waals surface area contributed by atoms with E-state index < -0.39 is 0 Å². The van der Waals surface area contributed by atoms with E-state index in [1.54, 1.807) is 6.20 Å². The van der Waals surface area contributed by atoms with Crippen molar-refractivity contribution in [3.8, 4) is 16.9 Å². The number of rotatable bonds is 5. The fourth-order valence-corrected chi connectivity index (χ4v) is 4.54. The van der Waals surface area contributed by atoms with Crippen molar-refractivity contribution in [3.63, 3.8) is 0 Å². The van der Waals surface area contributed by atoms with Crippen LogP contribution in [-0.2, 0) is 0 Å². The van der Waals surface area contributed by atoms with Crippen LogP contribution in [0.3, 0.4) is 0 Å². The largest absolute Gasteiger partial charge is 0.482 e. The molecule has 1 aliphatic rings. The first-order chi connectivity index (χ1) is 15.4. The molecular weight excluding hydrogens is 441 g/mol. The highest BCUT2D eigenvalue weighted by Crippen LogP contribution is 2.34. The molecule has 2 atom stereocenters. The van der Waals surface area contributed by atoms with Crippen molar-refractivity contribution >= 4 is 32.0 Å². The monoisotopic (exact) mass is 473 g/mol. The zero-order valence-electron chi connectivity index (χ0n) is 19.2. The summed E-state index contributed by atoms with van der Waals surface area (Å²) in [5, 5.41) is 9.74. The lowest BCUT2D eigenvalue weighted by Gasteiger charge is -2.22. The minimum absolute atomic E-state index is 0.269. The van der Waals surface area contributed by atoms with Crippen LogP contribution in [0.25, 0.3) is 11.1 Å². The van der Waals surface area contributed by atoms with Gasteiger partial charge >= 0.3 is 0 Å². The van der Waals surface area contributed by atoms with Crippen molar-refractivity contribution in [1.82, 2.24) is 20.1 Å². The van der Waals surface area contributed by atoms with Crippen LogP contribution in [0.5, 0.6) is 5.75 Å². The average Bonchev–Trinajstić information content (AvgIpc) is 3.30. The number of nitrogens with zero attached hydrogens (tertiary/aromatic N) is 3. The van der Waals surface area contributed by atoms with Gasteiger partial charge in [-0.1, -0.05) is 31.5 Å². The molecule has 1 aliphatic heterocycles. The fraction of sp³-hybridized carbons (Fsp3) is 0.417. The van der Waals surface area contributed by atoms with Crippen LogP contribution < -0.4 is 21.1 Å². The van der Waals surface area contributed by atoms with Crippen LogP contribution in [0, 0.1) is 6.92 Å². The number of nitrogen functional groups attached to an aromatic ring is 1. The molecule has 0 saturated carbocycles. The van der Waals surface area contributed by atoms with Gasteiger partial charge in [0.05, 0.1) is 12.2 Å². The summed E-state index contributed by atoms with van der Waals surface area (Å²) in [5.41, 5.74) is 10.1. The summed E-state index contributed by atoms with van der Waals surface area (Å²) in [7, 11) is 2.73. The van der Waals surface area contributed by atoms with Gasteiger partial charge < -0.3 is 15.8 Å². The smallest absolute Gasteiger partial charge is 0.166 e. The molecule has 4 rings (SSSR count). The molecule has 0 amide bonds. The van der Waals surface area contributed by atoms with E-state index in [-0.39, 0.29) is 6.10 Å². The summed E-state index contributed by atoms with van der Waals surface area (Å²) in [6.07, 6.45) is 7.62. The van der Waals surface area contributed by atoms with Gasteiger partial charge in [-0.2, -0.15) is 5.10 Å². The molecule has 3 heterocycles. The molecule has 2 aromatic heterocycles. The second-order valence-electron chi connectivity index (χ2n) is 7.73. The van der Waals surface area contributed by atoms with Crippen LogP contribution in [0.1, 0.15) is 56.9 Å². The van der Waals surface area contributed by atoms with Gasteiger partial charge in [0.15, 0.2) is 11.6 Å². The highest BCUT2D eigenvalue weighted by Gasteiger charge is 2.19. The topological polar surface area (TPSA) is 78.0 Å². The van der Waals surface area contributed by atoms with Crippen LogP contribution in [0.4, 0.5) is 5.82 Å². The third-order valence-corrected chi connectivity index (χ3v) is 6.67. The number of piperidine rings is 1. The Bertz CT molecular complexity index is 1050. The molecule has 6 nitrogen and oxygen atoms in total. The molecule has 0 radical (unpaired) electrons. The van der Waals surface area contributed by atoms with Crippen LogP contribution in [0.15, 0.2) is 36.8 Å². The van der Waals surface area contributed by atoms with Crippen LogP contribution in [0.2, 0.25) is 5.02 Å². The summed E-state index contributed by atoms with van der Waals surface area (Å²) in [6.45, 7) is 10.1. The first kappa shape index (κ1) is 24.5. The summed E-state index contributed by atoms with van der Waals surface area (Å²) in [4.78, 5) is 4.36. The first-order valence-electron chi connectivity index (χ1n) is 11.2. The minimum atomic E-state index is -0.269. The molecule has 172 valence electrons. The molecule has 0 bridgehead atoms. The van der Waals surface area contributed by atoms with Crippen molar-refractivity contribution in [2.75, 3.05) is 18.8 Å². The average molecular weight is 474 g/mol. The van der Waals surface area contributed by atoms with Gasteiger partial charge in [0.25, 0.3) is 0 Å². The Morgan fingerprint density at radius 1 is 1.22 bits per heavy atom. The number of nitrogens with one attached hydrogen (secondary N) is 1. The molecule has 1 fully saturated rings. The predicted molar refractivity (Wildman–Crippen MR) is 137 cm³/mol. The summed E-state index contributed by atoms with van der Waals surface area (Å²) >= 11 is 6.45. The van der Waals surface area contributed by atoms with Gasteiger partial charge in [-0.3, -0.25) is 4.68 Å². The summed E-state index contributed by atoms with van der Waals surface area (Å²) in [5.74, 6) is 0.895. The molecule has 32 heavy (non-hydrogen) atoms. The van der Waals surface area contributed by atoms with Crippen molar-refractivity contribution in [1.29, 1.82) is 0 Å². The van der Waals surface area contributed by atoms with Gasteiger partial charge in [0.2, 0.25) is 0 Å². The third kappa shape index (κ3) is 5.43. The number of nitrogens with two attached hydrogens (primary N) is 1. The summed E-state index contributed by atoms with van der Waals surface area (Å²) in [6, 6.07) is 6.23. The van der Waals surface area contributed by atoms with E-state index in [0.29, 0.717) is 22.6 Å². The lowest BCUT2D eigenvalue weighted by Crippen LogP contribution is -2.29. The Balaban J connectivity index is 0.00000141. The number of hydrogen-bond acceptors (Lipinski definition) is 5. The highest BCUT2D eigenvalue weighted by atomic mass is 35.5. The van der Waals surface area contributed by atoms with Gasteiger partial charge in [-0.15, -0.1) is 9.24 Å². The molecular formula is C24H33ClN5OP. The zero-order chi connectivity index (χ0) is 23.3. The molecule has 1 saturated heterocycles. The Kier molecular flexibility index (Phi) is 8.52. The van der Waals surface area contributed by atoms with E-state index >= 15 is 0 Å². The molecule has 0 aliphatic carbocycles. The number of hydrogen-bond donors (Lipinski definition) is 2. The number of ether oxygens (including phenoxy) is 1. The van der Waals surface area contributed by atoms with E-state index in [1.165, 1.54) is 0 Å². The zero-order valence-corrected chi connectivity index (χ0v) is 21.1. The number of pyridine rings is 1. The molecule has 3 aromatic rings. The van der Waals surface area contributed by atoms with Gasteiger partial charge in [-0.25, -0.2) is 4.98 Å². The second-order valence-corrected chi connectivity index (χ2v) is 8.76. The van der Waals surface area contributed by atoms with Gasteiger partial charge in [0, 0.05) is 34.1 Å². The SMILES string of the molecule is CC.Cc1c(P)ccc(Cl)c1C(C)Oc1cc(-c2cnn(C3CCNCC3)c2)cnc1N. The van der Waals surface area contributed by atoms with Crippen molar-refractivity contribution < 1.29 is 4.74 Å². The lowest BCUT2D eigenvalue weighted by molar-refractivity contribution is 0.227. The van der Waals surface area contributed by atoms with Crippen molar-refractivity contribution in [3.05, 3.63) is 52.9 Å². The Hall–Kier alpha value is -2.14. The Morgan fingerprint density at radius 3 is 2.66 bits per heavy atom. The maximum atomic E-state index is 6.45.